The Morgan fingerprint density at radius 3 is 2.78 bits per heavy atom. The van der Waals surface area contributed by atoms with E-state index in [4.69, 9.17) is 0 Å². The molecule has 0 unspecified atom stereocenters. The summed E-state index contributed by atoms with van der Waals surface area (Å²) in [6.07, 6.45) is 1.71. The van der Waals surface area contributed by atoms with Crippen LogP contribution in [0.3, 0.4) is 0 Å². The molecule has 2 heterocycles. The van der Waals surface area contributed by atoms with Crippen molar-refractivity contribution in [3.63, 3.8) is 0 Å². The Hall–Kier alpha value is -1.49. The minimum Gasteiger partial charge on any atom is -0.304 e. The molecule has 0 aliphatic heterocycles. The van der Waals surface area contributed by atoms with E-state index in [1.54, 1.807) is 0 Å². The molecule has 0 spiro atoms. The zero-order valence-corrected chi connectivity index (χ0v) is 11.9. The number of rotatable bonds is 3. The van der Waals surface area contributed by atoms with E-state index in [0.29, 0.717) is 16.0 Å². The van der Waals surface area contributed by atoms with Crippen LogP contribution in [-0.2, 0) is 6.42 Å². The minimum absolute atomic E-state index is 0.160. The monoisotopic (exact) mass is 307 g/mol. The van der Waals surface area contributed by atoms with Crippen molar-refractivity contribution in [3.8, 4) is 11.5 Å². The first-order valence-corrected chi connectivity index (χ1v) is 6.64. The molecule has 0 saturated heterocycles. The zero-order chi connectivity index (χ0) is 13.1. The number of hydrogen-bond acceptors (Lipinski definition) is 3. The van der Waals surface area contributed by atoms with Gasteiger partial charge in [0.2, 0.25) is 0 Å². The molecule has 2 aromatic rings. The van der Waals surface area contributed by atoms with Gasteiger partial charge in [-0.05, 0) is 41.4 Å². The molecule has 1 N–H and O–H groups in total. The third-order valence-electron chi connectivity index (χ3n) is 2.55. The molecule has 0 aliphatic rings. The van der Waals surface area contributed by atoms with E-state index in [1.807, 2.05) is 25.1 Å². The first kappa shape index (κ1) is 13.0. The summed E-state index contributed by atoms with van der Waals surface area (Å²) >= 11 is 3.28. The third kappa shape index (κ3) is 2.67. The highest BCUT2D eigenvalue weighted by molar-refractivity contribution is 9.10. The van der Waals surface area contributed by atoms with E-state index < -0.39 is 0 Å². The van der Waals surface area contributed by atoms with E-state index in [0.717, 1.165) is 24.2 Å². The molecule has 0 aliphatic carbocycles. The largest absolute Gasteiger partial charge is 0.304 e. The fourth-order valence-corrected chi connectivity index (χ4v) is 2.09. The zero-order valence-electron chi connectivity index (χ0n) is 10.3. The average Bonchev–Trinajstić information content (AvgIpc) is 2.35. The molecule has 0 atom stereocenters. The molecule has 2 aromatic heterocycles. The van der Waals surface area contributed by atoms with Crippen molar-refractivity contribution < 1.29 is 0 Å². The van der Waals surface area contributed by atoms with Crippen LogP contribution in [0.5, 0.6) is 0 Å². The molecule has 0 amide bonds. The third-order valence-corrected chi connectivity index (χ3v) is 3.37. The summed E-state index contributed by atoms with van der Waals surface area (Å²) in [7, 11) is 0. The second-order valence-corrected chi connectivity index (χ2v) is 4.88. The predicted octanol–water partition coefficient (Wildman–Crippen LogP) is 2.86. The van der Waals surface area contributed by atoms with Crippen molar-refractivity contribution in [3.05, 3.63) is 44.4 Å². The van der Waals surface area contributed by atoms with Crippen LogP contribution in [0.25, 0.3) is 11.5 Å². The van der Waals surface area contributed by atoms with E-state index in [9.17, 15) is 4.79 Å². The number of hydrogen-bond donors (Lipinski definition) is 1. The van der Waals surface area contributed by atoms with Crippen molar-refractivity contribution in [2.45, 2.75) is 26.7 Å². The minimum atomic E-state index is -0.160. The number of pyridine rings is 1. The molecule has 0 bridgehead atoms. The number of nitrogens with one attached hydrogen (secondary N) is 1. The molecule has 18 heavy (non-hydrogen) atoms. The molecule has 2 rings (SSSR count). The first-order chi connectivity index (χ1) is 8.61. The van der Waals surface area contributed by atoms with E-state index in [2.05, 4.69) is 37.8 Å². The summed E-state index contributed by atoms with van der Waals surface area (Å²) in [5.74, 6) is 0.523. The van der Waals surface area contributed by atoms with Gasteiger partial charge in [-0.15, -0.1) is 0 Å². The van der Waals surface area contributed by atoms with Crippen LogP contribution in [-0.4, -0.2) is 15.0 Å². The normalized spacial score (nSPS) is 10.6. The van der Waals surface area contributed by atoms with Gasteiger partial charge in [-0.1, -0.05) is 19.4 Å². The van der Waals surface area contributed by atoms with E-state index in [-0.39, 0.29) is 5.56 Å². The molecule has 94 valence electrons. The number of halogens is 1. The molecule has 0 fully saturated rings. The van der Waals surface area contributed by atoms with E-state index >= 15 is 0 Å². The van der Waals surface area contributed by atoms with Crippen LogP contribution >= 0.6 is 15.9 Å². The van der Waals surface area contributed by atoms with Gasteiger partial charge in [0.1, 0.15) is 10.2 Å². The van der Waals surface area contributed by atoms with Gasteiger partial charge >= 0.3 is 0 Å². The molecule has 4 nitrogen and oxygen atoms in total. The molecule has 0 aromatic carbocycles. The van der Waals surface area contributed by atoms with E-state index in [1.165, 1.54) is 0 Å². The van der Waals surface area contributed by atoms with Crippen molar-refractivity contribution in [1.82, 2.24) is 15.0 Å². The van der Waals surface area contributed by atoms with Crippen LogP contribution in [0, 0.1) is 6.92 Å². The maximum Gasteiger partial charge on any atom is 0.265 e. The topological polar surface area (TPSA) is 58.6 Å². The predicted molar refractivity (Wildman–Crippen MR) is 74.5 cm³/mol. The lowest BCUT2D eigenvalue weighted by atomic mass is 10.2. The van der Waals surface area contributed by atoms with Gasteiger partial charge in [-0.3, -0.25) is 4.79 Å². The molecule has 5 heteroatoms. The highest BCUT2D eigenvalue weighted by atomic mass is 79.9. The Morgan fingerprint density at radius 2 is 2.11 bits per heavy atom. The Morgan fingerprint density at radius 1 is 1.33 bits per heavy atom. The summed E-state index contributed by atoms with van der Waals surface area (Å²) in [6, 6.07) is 5.65. The van der Waals surface area contributed by atoms with Crippen molar-refractivity contribution in [2.75, 3.05) is 0 Å². The Bertz CT molecular complexity index is 622. The number of aryl methyl sites for hydroxylation is 2. The molecule has 0 saturated carbocycles. The fraction of sp³-hybridized carbons (Fsp3) is 0.308. The van der Waals surface area contributed by atoms with Gasteiger partial charge in [0.15, 0.2) is 5.82 Å². The fourth-order valence-electron chi connectivity index (χ4n) is 1.70. The van der Waals surface area contributed by atoms with Gasteiger partial charge in [0.05, 0.1) is 5.69 Å². The van der Waals surface area contributed by atoms with Crippen LogP contribution < -0.4 is 5.56 Å². The smallest absolute Gasteiger partial charge is 0.265 e. The van der Waals surface area contributed by atoms with Crippen molar-refractivity contribution in [2.24, 2.45) is 0 Å². The maximum atomic E-state index is 11.8. The SMILES string of the molecule is CCCc1nc(-c2cccc(C)n2)[nH]c(=O)c1Br. The summed E-state index contributed by atoms with van der Waals surface area (Å²) in [5, 5.41) is 0. The van der Waals surface area contributed by atoms with Gasteiger partial charge in [0, 0.05) is 5.69 Å². The number of aromatic nitrogens is 3. The van der Waals surface area contributed by atoms with Crippen LogP contribution in [0.15, 0.2) is 27.5 Å². The quantitative estimate of drug-likeness (QED) is 0.948. The first-order valence-electron chi connectivity index (χ1n) is 5.84. The van der Waals surface area contributed by atoms with Crippen LogP contribution in [0.1, 0.15) is 24.7 Å². The molecular formula is C13H14BrN3O. The Kier molecular flexibility index (Phi) is 3.91. The Labute approximate surface area is 114 Å². The average molecular weight is 308 g/mol. The lowest BCUT2D eigenvalue weighted by molar-refractivity contribution is 0.859. The van der Waals surface area contributed by atoms with Crippen LogP contribution in [0.4, 0.5) is 0 Å². The van der Waals surface area contributed by atoms with Gasteiger partial charge < -0.3 is 4.98 Å². The van der Waals surface area contributed by atoms with Crippen LogP contribution in [0.2, 0.25) is 0 Å². The standard InChI is InChI=1S/C13H14BrN3O/c1-3-5-9-11(14)13(18)17-12(16-9)10-7-4-6-8(2)15-10/h4,6-7H,3,5H2,1-2H3,(H,16,17,18). The second-order valence-electron chi connectivity index (χ2n) is 4.09. The van der Waals surface area contributed by atoms with Crippen molar-refractivity contribution >= 4 is 15.9 Å². The highest BCUT2D eigenvalue weighted by Crippen LogP contribution is 2.16. The summed E-state index contributed by atoms with van der Waals surface area (Å²) in [4.78, 5) is 23.4. The number of H-pyrrole nitrogens is 1. The van der Waals surface area contributed by atoms with Gasteiger partial charge in [-0.2, -0.15) is 0 Å². The summed E-state index contributed by atoms with van der Waals surface area (Å²) < 4.78 is 0.515. The summed E-state index contributed by atoms with van der Waals surface area (Å²) in [6.45, 7) is 3.97. The lowest BCUT2D eigenvalue weighted by Gasteiger charge is -2.05. The maximum absolute atomic E-state index is 11.8. The second kappa shape index (κ2) is 5.44. The van der Waals surface area contributed by atoms with Crippen molar-refractivity contribution in [1.29, 1.82) is 0 Å². The van der Waals surface area contributed by atoms with Gasteiger partial charge in [0.25, 0.3) is 5.56 Å². The molecular weight excluding hydrogens is 294 g/mol. The lowest BCUT2D eigenvalue weighted by Crippen LogP contribution is -2.14. The summed E-state index contributed by atoms with van der Waals surface area (Å²) in [5.41, 5.74) is 2.21. The number of nitrogens with zero attached hydrogens (tertiary/aromatic N) is 2. The molecule has 0 radical (unpaired) electrons. The highest BCUT2D eigenvalue weighted by Gasteiger charge is 2.10. The number of aromatic amines is 1. The Balaban J connectivity index is 2.55. The van der Waals surface area contributed by atoms with Gasteiger partial charge in [-0.25, -0.2) is 9.97 Å².